The first-order chi connectivity index (χ1) is 8.88. The minimum absolute atomic E-state index is 0.548. The summed E-state index contributed by atoms with van der Waals surface area (Å²) in [6.07, 6.45) is 0.887. The molecule has 0 radical (unpaired) electrons. The number of hydrogen-bond donors (Lipinski definition) is 1. The van der Waals surface area contributed by atoms with Crippen LogP contribution in [-0.2, 0) is 13.5 Å². The summed E-state index contributed by atoms with van der Waals surface area (Å²) < 4.78 is 1.82. The highest BCUT2D eigenvalue weighted by molar-refractivity contribution is 5.75. The average Bonchev–Trinajstić information content (AvgIpc) is 2.63. The molecule has 2 rings (SSSR count). The smallest absolute Gasteiger partial charge is 0.160 e. The topological polar surface area (TPSA) is 56.7 Å². The summed E-state index contributed by atoms with van der Waals surface area (Å²) in [4.78, 5) is 4.64. The Morgan fingerprint density at radius 2 is 1.95 bits per heavy atom. The highest BCUT2D eigenvalue weighted by Crippen LogP contribution is 2.28. The van der Waals surface area contributed by atoms with Crippen molar-refractivity contribution in [2.75, 3.05) is 5.73 Å². The molecule has 0 aliphatic heterocycles. The quantitative estimate of drug-likeness (QED) is 0.861. The maximum Gasteiger partial charge on any atom is 0.160 e. The van der Waals surface area contributed by atoms with Crippen molar-refractivity contribution in [3.05, 3.63) is 29.1 Å². The van der Waals surface area contributed by atoms with Gasteiger partial charge in [0.25, 0.3) is 0 Å². The Balaban J connectivity index is 2.50. The van der Waals surface area contributed by atoms with Gasteiger partial charge in [-0.1, -0.05) is 19.9 Å². The van der Waals surface area contributed by atoms with E-state index in [1.807, 2.05) is 18.7 Å². The van der Waals surface area contributed by atoms with Gasteiger partial charge in [0, 0.05) is 24.7 Å². The Morgan fingerprint density at radius 1 is 1.26 bits per heavy atom. The largest absolute Gasteiger partial charge is 0.398 e. The molecule has 2 N–H and O–H groups in total. The third-order valence-electron chi connectivity index (χ3n) is 3.17. The molecule has 0 saturated carbocycles. The van der Waals surface area contributed by atoms with Crippen LogP contribution in [0.3, 0.4) is 0 Å². The molecule has 1 heterocycles. The average molecular weight is 258 g/mol. The summed E-state index contributed by atoms with van der Waals surface area (Å²) in [5, 5.41) is 4.48. The first-order valence-corrected chi connectivity index (χ1v) is 6.65. The van der Waals surface area contributed by atoms with Crippen LogP contribution < -0.4 is 5.73 Å². The van der Waals surface area contributed by atoms with Crippen molar-refractivity contribution in [2.45, 2.75) is 34.1 Å². The van der Waals surface area contributed by atoms with Gasteiger partial charge in [0.1, 0.15) is 0 Å². The Bertz CT molecular complexity index is 596. The SMILES string of the molecule is Cc1cc(C)c(N)c(-c2nc(CC(C)C)nn2C)c1. The van der Waals surface area contributed by atoms with Crippen LogP contribution in [0.4, 0.5) is 5.69 Å². The molecule has 102 valence electrons. The third-order valence-corrected chi connectivity index (χ3v) is 3.17. The van der Waals surface area contributed by atoms with E-state index in [0.29, 0.717) is 5.92 Å². The fraction of sp³-hybridized carbons (Fsp3) is 0.467. The molecule has 4 heteroatoms. The molecule has 0 spiro atoms. The molecule has 0 bridgehead atoms. The first kappa shape index (κ1) is 13.6. The molecule has 1 aromatic carbocycles. The zero-order valence-corrected chi connectivity index (χ0v) is 12.4. The lowest BCUT2D eigenvalue weighted by Crippen LogP contribution is -2.00. The maximum absolute atomic E-state index is 6.18. The molecule has 0 saturated heterocycles. The zero-order chi connectivity index (χ0) is 14.2. The van der Waals surface area contributed by atoms with E-state index >= 15 is 0 Å². The number of hydrogen-bond acceptors (Lipinski definition) is 3. The van der Waals surface area contributed by atoms with Gasteiger partial charge in [0.2, 0.25) is 0 Å². The van der Waals surface area contributed by atoms with E-state index in [0.717, 1.165) is 34.9 Å². The molecule has 0 aliphatic rings. The summed E-state index contributed by atoms with van der Waals surface area (Å²) in [6.45, 7) is 8.43. The summed E-state index contributed by atoms with van der Waals surface area (Å²) in [6, 6.07) is 4.16. The lowest BCUT2D eigenvalue weighted by molar-refractivity contribution is 0.613. The van der Waals surface area contributed by atoms with Gasteiger partial charge in [-0.2, -0.15) is 5.10 Å². The van der Waals surface area contributed by atoms with Gasteiger partial charge in [-0.15, -0.1) is 0 Å². The first-order valence-electron chi connectivity index (χ1n) is 6.65. The number of aromatic nitrogens is 3. The van der Waals surface area contributed by atoms with Crippen molar-refractivity contribution < 1.29 is 0 Å². The van der Waals surface area contributed by atoms with E-state index in [1.165, 1.54) is 5.56 Å². The number of nitrogens with zero attached hydrogens (tertiary/aromatic N) is 3. The van der Waals surface area contributed by atoms with Crippen molar-refractivity contribution in [1.29, 1.82) is 0 Å². The van der Waals surface area contributed by atoms with E-state index in [-0.39, 0.29) is 0 Å². The van der Waals surface area contributed by atoms with Crippen LogP contribution in [0.1, 0.15) is 30.8 Å². The number of benzene rings is 1. The zero-order valence-electron chi connectivity index (χ0n) is 12.4. The number of rotatable bonds is 3. The molecule has 19 heavy (non-hydrogen) atoms. The van der Waals surface area contributed by atoms with Gasteiger partial charge >= 0.3 is 0 Å². The van der Waals surface area contributed by atoms with Crippen molar-refractivity contribution in [3.8, 4) is 11.4 Å². The fourth-order valence-electron chi connectivity index (χ4n) is 2.29. The van der Waals surface area contributed by atoms with Crippen LogP contribution in [0.25, 0.3) is 11.4 Å². The van der Waals surface area contributed by atoms with E-state index in [4.69, 9.17) is 5.73 Å². The summed E-state index contributed by atoms with van der Waals surface area (Å²) in [5.74, 6) is 2.28. The van der Waals surface area contributed by atoms with Crippen molar-refractivity contribution in [2.24, 2.45) is 13.0 Å². The van der Waals surface area contributed by atoms with Crippen LogP contribution in [0.15, 0.2) is 12.1 Å². The van der Waals surface area contributed by atoms with E-state index in [1.54, 1.807) is 0 Å². The highest BCUT2D eigenvalue weighted by atomic mass is 15.3. The summed E-state index contributed by atoms with van der Waals surface area (Å²) >= 11 is 0. The summed E-state index contributed by atoms with van der Waals surface area (Å²) in [5.41, 5.74) is 10.2. The van der Waals surface area contributed by atoms with Crippen LogP contribution in [0, 0.1) is 19.8 Å². The van der Waals surface area contributed by atoms with Crippen LogP contribution >= 0.6 is 0 Å². The standard InChI is InChI=1S/C15H22N4/c1-9(2)6-13-17-15(19(5)18-13)12-8-10(3)7-11(4)14(12)16/h7-9H,6,16H2,1-5H3. The summed E-state index contributed by atoms with van der Waals surface area (Å²) in [7, 11) is 1.92. The number of anilines is 1. The van der Waals surface area contributed by atoms with Gasteiger partial charge in [-0.25, -0.2) is 9.67 Å². The molecular weight excluding hydrogens is 236 g/mol. The molecule has 0 aliphatic carbocycles. The number of nitrogen functional groups attached to an aromatic ring is 1. The highest BCUT2D eigenvalue weighted by Gasteiger charge is 2.14. The normalized spacial score (nSPS) is 11.3. The molecule has 0 fully saturated rings. The molecule has 0 amide bonds. The Kier molecular flexibility index (Phi) is 3.60. The lowest BCUT2D eigenvalue weighted by atomic mass is 10.0. The minimum atomic E-state index is 0.548. The minimum Gasteiger partial charge on any atom is -0.398 e. The second-order valence-electron chi connectivity index (χ2n) is 5.62. The van der Waals surface area contributed by atoms with Crippen LogP contribution in [0.5, 0.6) is 0 Å². The van der Waals surface area contributed by atoms with Crippen molar-refractivity contribution in [1.82, 2.24) is 14.8 Å². The Labute approximate surface area is 114 Å². The van der Waals surface area contributed by atoms with Crippen molar-refractivity contribution in [3.63, 3.8) is 0 Å². The predicted molar refractivity (Wildman–Crippen MR) is 78.9 cm³/mol. The third kappa shape index (κ3) is 2.78. The van der Waals surface area contributed by atoms with E-state index in [9.17, 15) is 0 Å². The van der Waals surface area contributed by atoms with Crippen LogP contribution in [-0.4, -0.2) is 14.8 Å². The monoisotopic (exact) mass is 258 g/mol. The van der Waals surface area contributed by atoms with Gasteiger partial charge in [-0.05, 0) is 37.0 Å². The van der Waals surface area contributed by atoms with Gasteiger partial charge in [0.15, 0.2) is 11.6 Å². The van der Waals surface area contributed by atoms with Crippen molar-refractivity contribution >= 4 is 5.69 Å². The van der Waals surface area contributed by atoms with Gasteiger partial charge < -0.3 is 5.73 Å². The fourth-order valence-corrected chi connectivity index (χ4v) is 2.29. The second kappa shape index (κ2) is 5.03. The van der Waals surface area contributed by atoms with Gasteiger partial charge in [0.05, 0.1) is 0 Å². The molecule has 0 atom stereocenters. The lowest BCUT2D eigenvalue weighted by Gasteiger charge is -2.09. The van der Waals surface area contributed by atoms with E-state index in [2.05, 4.69) is 43.0 Å². The maximum atomic E-state index is 6.18. The molecule has 4 nitrogen and oxygen atoms in total. The van der Waals surface area contributed by atoms with Gasteiger partial charge in [-0.3, -0.25) is 0 Å². The molecule has 2 aromatic rings. The molecule has 0 unspecified atom stereocenters. The van der Waals surface area contributed by atoms with Crippen LogP contribution in [0.2, 0.25) is 0 Å². The predicted octanol–water partition coefficient (Wildman–Crippen LogP) is 2.88. The Morgan fingerprint density at radius 3 is 2.58 bits per heavy atom. The second-order valence-corrected chi connectivity index (χ2v) is 5.62. The Hall–Kier alpha value is -1.84. The number of nitrogens with two attached hydrogens (primary N) is 1. The number of aryl methyl sites for hydroxylation is 3. The molecular formula is C15H22N4. The van der Waals surface area contributed by atoms with E-state index < -0.39 is 0 Å². The molecule has 1 aromatic heterocycles.